The van der Waals surface area contributed by atoms with Crippen LogP contribution in [0.25, 0.3) is 0 Å². The van der Waals surface area contributed by atoms with E-state index in [0.717, 1.165) is 57.2 Å². The Labute approximate surface area is 179 Å². The number of piperidine rings is 1. The lowest BCUT2D eigenvalue weighted by molar-refractivity contribution is 0.0751. The lowest BCUT2D eigenvalue weighted by Crippen LogP contribution is -2.39. The fraction of sp³-hybridized carbons (Fsp3) is 0.583. The molecule has 2 aliphatic heterocycles. The van der Waals surface area contributed by atoms with E-state index in [4.69, 9.17) is 4.52 Å². The molecule has 3 heterocycles. The first-order valence-corrected chi connectivity index (χ1v) is 11.3. The van der Waals surface area contributed by atoms with Crippen LogP contribution in [-0.2, 0) is 13.0 Å². The Morgan fingerprint density at radius 1 is 1.17 bits per heavy atom. The lowest BCUT2D eigenvalue weighted by atomic mass is 9.90. The molecule has 0 bridgehead atoms. The zero-order chi connectivity index (χ0) is 20.9. The molecule has 0 spiro atoms. The Balaban J connectivity index is 1.24. The summed E-state index contributed by atoms with van der Waals surface area (Å²) in [5.74, 6) is 1.48. The van der Waals surface area contributed by atoms with Gasteiger partial charge in [-0.25, -0.2) is 0 Å². The maximum absolute atomic E-state index is 12.7. The summed E-state index contributed by atoms with van der Waals surface area (Å²) in [6.45, 7) is 4.72. The molecule has 2 fully saturated rings. The van der Waals surface area contributed by atoms with Crippen LogP contribution in [0.4, 0.5) is 0 Å². The van der Waals surface area contributed by atoms with Crippen molar-refractivity contribution in [2.75, 3.05) is 40.3 Å². The summed E-state index contributed by atoms with van der Waals surface area (Å²) in [5, 5.41) is 4.06. The van der Waals surface area contributed by atoms with E-state index in [0.29, 0.717) is 11.7 Å². The first-order chi connectivity index (χ1) is 14.6. The molecule has 30 heavy (non-hydrogen) atoms. The molecule has 2 aromatic rings. The maximum atomic E-state index is 12.7. The number of likely N-dealkylation sites (N-methyl/N-ethyl adjacent to an activating group) is 2. The van der Waals surface area contributed by atoms with Crippen molar-refractivity contribution < 1.29 is 9.32 Å². The van der Waals surface area contributed by atoms with Crippen LogP contribution in [0.1, 0.15) is 47.5 Å². The third kappa shape index (κ3) is 5.29. The van der Waals surface area contributed by atoms with Crippen molar-refractivity contribution in [1.29, 1.82) is 0 Å². The Bertz CT molecular complexity index is 814. The van der Waals surface area contributed by atoms with E-state index in [2.05, 4.69) is 52.3 Å². The molecule has 0 unspecified atom stereocenters. The molecular formula is C24H34N4O2. The van der Waals surface area contributed by atoms with E-state index in [1.807, 2.05) is 13.1 Å². The van der Waals surface area contributed by atoms with E-state index in [1.165, 1.54) is 24.8 Å². The molecule has 0 aliphatic carbocycles. The number of benzene rings is 1. The second-order valence-electron chi connectivity index (χ2n) is 9.05. The molecule has 4 rings (SSSR count). The molecule has 2 saturated heterocycles. The number of rotatable bonds is 7. The van der Waals surface area contributed by atoms with Gasteiger partial charge in [-0.05, 0) is 70.3 Å². The van der Waals surface area contributed by atoms with Crippen molar-refractivity contribution in [3.63, 3.8) is 0 Å². The molecule has 1 aromatic carbocycles. The second-order valence-corrected chi connectivity index (χ2v) is 9.05. The third-order valence-corrected chi connectivity index (χ3v) is 6.73. The zero-order valence-electron chi connectivity index (χ0n) is 18.3. The number of aromatic nitrogens is 1. The highest BCUT2D eigenvalue weighted by atomic mass is 16.5. The zero-order valence-corrected chi connectivity index (χ0v) is 18.3. The molecule has 162 valence electrons. The van der Waals surface area contributed by atoms with Crippen LogP contribution >= 0.6 is 0 Å². The first kappa shape index (κ1) is 21.1. The van der Waals surface area contributed by atoms with Gasteiger partial charge in [0.05, 0.1) is 6.54 Å². The minimum atomic E-state index is -0.0492. The minimum Gasteiger partial charge on any atom is -0.359 e. The highest BCUT2D eigenvalue weighted by Crippen LogP contribution is 2.23. The van der Waals surface area contributed by atoms with Crippen LogP contribution in [0.15, 0.2) is 40.9 Å². The summed E-state index contributed by atoms with van der Waals surface area (Å²) in [6.07, 6.45) is 5.93. The Morgan fingerprint density at radius 2 is 1.93 bits per heavy atom. The van der Waals surface area contributed by atoms with Gasteiger partial charge in [-0.3, -0.25) is 9.69 Å². The summed E-state index contributed by atoms with van der Waals surface area (Å²) in [6, 6.07) is 13.0. The fourth-order valence-corrected chi connectivity index (χ4v) is 4.81. The number of hydrogen-bond acceptors (Lipinski definition) is 5. The van der Waals surface area contributed by atoms with Gasteiger partial charge in [0.1, 0.15) is 0 Å². The Morgan fingerprint density at radius 3 is 2.63 bits per heavy atom. The molecule has 0 N–H and O–H groups in total. The van der Waals surface area contributed by atoms with E-state index in [9.17, 15) is 4.79 Å². The number of hydrogen-bond donors (Lipinski definition) is 0. The number of likely N-dealkylation sites (tertiary alicyclic amines) is 2. The topological polar surface area (TPSA) is 52.8 Å². The molecule has 6 heteroatoms. The molecule has 6 nitrogen and oxygen atoms in total. The molecule has 0 saturated carbocycles. The van der Waals surface area contributed by atoms with E-state index < -0.39 is 0 Å². The van der Waals surface area contributed by atoms with Crippen molar-refractivity contribution in [1.82, 2.24) is 19.9 Å². The van der Waals surface area contributed by atoms with Crippen LogP contribution in [0.3, 0.4) is 0 Å². The van der Waals surface area contributed by atoms with Crippen LogP contribution < -0.4 is 0 Å². The average molecular weight is 411 g/mol. The van der Waals surface area contributed by atoms with Crippen molar-refractivity contribution in [3.8, 4) is 0 Å². The molecule has 1 atom stereocenters. The summed E-state index contributed by atoms with van der Waals surface area (Å²) in [5.41, 5.74) is 1.86. The summed E-state index contributed by atoms with van der Waals surface area (Å²) in [4.78, 5) is 19.3. The monoisotopic (exact) mass is 410 g/mol. The smallest absolute Gasteiger partial charge is 0.275 e. The predicted molar refractivity (Wildman–Crippen MR) is 117 cm³/mol. The van der Waals surface area contributed by atoms with Gasteiger partial charge in [0.2, 0.25) is 0 Å². The average Bonchev–Trinajstić information content (AvgIpc) is 3.39. The molecular weight excluding hydrogens is 376 g/mol. The first-order valence-electron chi connectivity index (χ1n) is 11.3. The SMILES string of the molecule is CN(C[C@H]1CCCN1C)C(=O)c1cc(CN2CCC(Cc3ccccc3)CC2)on1. The number of carbonyl (C=O) groups is 1. The van der Waals surface area contributed by atoms with Gasteiger partial charge < -0.3 is 14.3 Å². The highest BCUT2D eigenvalue weighted by Gasteiger charge is 2.26. The molecule has 1 aromatic heterocycles. The van der Waals surface area contributed by atoms with Crippen molar-refractivity contribution in [3.05, 3.63) is 53.4 Å². The number of nitrogens with zero attached hydrogens (tertiary/aromatic N) is 4. The van der Waals surface area contributed by atoms with Gasteiger partial charge in [-0.1, -0.05) is 35.5 Å². The normalized spacial score (nSPS) is 21.2. The highest BCUT2D eigenvalue weighted by molar-refractivity contribution is 5.92. The van der Waals surface area contributed by atoms with Crippen molar-refractivity contribution in [2.24, 2.45) is 5.92 Å². The summed E-state index contributed by atoms with van der Waals surface area (Å²) < 4.78 is 5.50. The maximum Gasteiger partial charge on any atom is 0.275 e. The van der Waals surface area contributed by atoms with Crippen LogP contribution in [0.2, 0.25) is 0 Å². The van der Waals surface area contributed by atoms with Crippen molar-refractivity contribution in [2.45, 2.75) is 44.7 Å². The predicted octanol–water partition coefficient (Wildman–Crippen LogP) is 3.30. The largest absolute Gasteiger partial charge is 0.359 e. The molecule has 1 amide bonds. The standard InChI is InChI=1S/C24H34N4O2/c1-26-12-6-9-21(26)17-27(2)24(29)23-16-22(30-25-23)18-28-13-10-20(11-14-28)15-19-7-4-3-5-8-19/h3-5,7-8,16,20-21H,6,9-15,17-18H2,1-2H3/t21-/m1/s1. The van der Waals surface area contributed by atoms with E-state index in [1.54, 1.807) is 4.90 Å². The lowest BCUT2D eigenvalue weighted by Gasteiger charge is -2.31. The third-order valence-electron chi connectivity index (χ3n) is 6.73. The molecule has 0 radical (unpaired) electrons. The Hall–Kier alpha value is -2.18. The minimum absolute atomic E-state index is 0.0492. The van der Waals surface area contributed by atoms with E-state index in [-0.39, 0.29) is 5.91 Å². The van der Waals surface area contributed by atoms with Gasteiger partial charge in [0, 0.05) is 25.7 Å². The van der Waals surface area contributed by atoms with Gasteiger partial charge in [-0.15, -0.1) is 0 Å². The van der Waals surface area contributed by atoms with Crippen LogP contribution in [0, 0.1) is 5.92 Å². The van der Waals surface area contributed by atoms with Gasteiger partial charge in [0.15, 0.2) is 11.5 Å². The fourth-order valence-electron chi connectivity index (χ4n) is 4.81. The van der Waals surface area contributed by atoms with Crippen LogP contribution in [-0.4, -0.2) is 72.1 Å². The summed E-state index contributed by atoms with van der Waals surface area (Å²) in [7, 11) is 3.99. The molecule has 2 aliphatic rings. The van der Waals surface area contributed by atoms with Gasteiger partial charge in [0.25, 0.3) is 5.91 Å². The van der Waals surface area contributed by atoms with Gasteiger partial charge >= 0.3 is 0 Å². The van der Waals surface area contributed by atoms with E-state index >= 15 is 0 Å². The number of amides is 1. The second kappa shape index (κ2) is 9.75. The summed E-state index contributed by atoms with van der Waals surface area (Å²) >= 11 is 0. The Kier molecular flexibility index (Phi) is 6.85. The quantitative estimate of drug-likeness (QED) is 0.701. The number of carbonyl (C=O) groups excluding carboxylic acids is 1. The van der Waals surface area contributed by atoms with Gasteiger partial charge in [-0.2, -0.15) is 0 Å². The van der Waals surface area contributed by atoms with Crippen LogP contribution in [0.5, 0.6) is 0 Å². The van der Waals surface area contributed by atoms with Crippen molar-refractivity contribution >= 4 is 5.91 Å².